The molecule has 0 fully saturated rings. The number of sulfonamides is 1. The Morgan fingerprint density at radius 2 is 1.96 bits per heavy atom. The van der Waals surface area contributed by atoms with E-state index in [4.69, 9.17) is 0 Å². The van der Waals surface area contributed by atoms with Gasteiger partial charge in [-0.3, -0.25) is 4.79 Å². The number of thioether (sulfide) groups is 1. The van der Waals surface area contributed by atoms with E-state index in [2.05, 4.69) is 23.6 Å². The predicted octanol–water partition coefficient (Wildman–Crippen LogP) is 4.24. The van der Waals surface area contributed by atoms with Gasteiger partial charge in [-0.05, 0) is 55.5 Å². The largest absolute Gasteiger partial charge is 0.328 e. The molecular formula is C20H23N3O3S2. The Morgan fingerprint density at radius 3 is 2.64 bits per heavy atom. The second-order valence-electron chi connectivity index (χ2n) is 6.99. The van der Waals surface area contributed by atoms with E-state index in [-0.39, 0.29) is 16.4 Å². The molecule has 8 heteroatoms. The standard InChI is InChI=1S/C20H23N3O3S2/c1-13(2)12-23-14(3)22-28(25,26)19-10-15(8-9-18(19)23)20(24)21-16-6-5-7-17(11-16)27-4/h5-11,13H,12H2,1-4H3,(H,21,24). The molecule has 6 nitrogen and oxygen atoms in total. The highest BCUT2D eigenvalue weighted by molar-refractivity contribution is 7.98. The Morgan fingerprint density at radius 1 is 1.21 bits per heavy atom. The van der Waals surface area contributed by atoms with Gasteiger partial charge in [-0.2, -0.15) is 8.42 Å². The van der Waals surface area contributed by atoms with Gasteiger partial charge in [0.25, 0.3) is 15.9 Å². The first-order chi connectivity index (χ1) is 13.2. The average molecular weight is 418 g/mol. The maximum Gasteiger partial charge on any atom is 0.286 e. The van der Waals surface area contributed by atoms with Crippen molar-refractivity contribution in [3.05, 3.63) is 48.0 Å². The second kappa shape index (κ2) is 7.97. The molecule has 28 heavy (non-hydrogen) atoms. The summed E-state index contributed by atoms with van der Waals surface area (Å²) in [6.07, 6.45) is 1.96. The quantitative estimate of drug-likeness (QED) is 0.736. The first-order valence-electron chi connectivity index (χ1n) is 8.90. The van der Waals surface area contributed by atoms with Crippen LogP contribution in [0.2, 0.25) is 0 Å². The van der Waals surface area contributed by atoms with Crippen molar-refractivity contribution < 1.29 is 13.2 Å². The number of nitrogens with zero attached hydrogens (tertiary/aromatic N) is 2. The zero-order valence-electron chi connectivity index (χ0n) is 16.3. The highest BCUT2D eigenvalue weighted by atomic mass is 32.2. The van der Waals surface area contributed by atoms with Gasteiger partial charge in [-0.1, -0.05) is 19.9 Å². The van der Waals surface area contributed by atoms with Crippen molar-refractivity contribution in [2.24, 2.45) is 10.3 Å². The zero-order valence-corrected chi connectivity index (χ0v) is 17.9. The molecular weight excluding hydrogens is 394 g/mol. The number of benzene rings is 2. The normalized spacial score (nSPS) is 15.2. The molecule has 1 N–H and O–H groups in total. The van der Waals surface area contributed by atoms with Gasteiger partial charge in [-0.15, -0.1) is 16.2 Å². The first kappa shape index (κ1) is 20.4. The maximum absolute atomic E-state index is 12.7. The fourth-order valence-electron chi connectivity index (χ4n) is 3.03. The summed E-state index contributed by atoms with van der Waals surface area (Å²) in [5, 5.41) is 2.82. The molecule has 0 aliphatic carbocycles. The van der Waals surface area contributed by atoms with E-state index in [1.54, 1.807) is 36.9 Å². The minimum absolute atomic E-state index is 0.0595. The lowest BCUT2D eigenvalue weighted by Gasteiger charge is -2.30. The summed E-state index contributed by atoms with van der Waals surface area (Å²) in [5.41, 5.74) is 1.49. The molecule has 1 aliphatic rings. The molecule has 148 valence electrons. The van der Waals surface area contributed by atoms with Crippen molar-refractivity contribution in [1.82, 2.24) is 0 Å². The number of amidine groups is 1. The number of rotatable bonds is 5. The lowest BCUT2D eigenvalue weighted by atomic mass is 10.1. The summed E-state index contributed by atoms with van der Waals surface area (Å²) in [7, 11) is -3.84. The van der Waals surface area contributed by atoms with E-state index in [0.29, 0.717) is 29.7 Å². The Balaban J connectivity index is 1.95. The van der Waals surface area contributed by atoms with Gasteiger partial charge in [0.15, 0.2) is 0 Å². The summed E-state index contributed by atoms with van der Waals surface area (Å²) < 4.78 is 29.0. The van der Waals surface area contributed by atoms with Crippen LogP contribution in [0, 0.1) is 5.92 Å². The van der Waals surface area contributed by atoms with Crippen LogP contribution in [0.5, 0.6) is 0 Å². The Bertz CT molecular complexity index is 1050. The van der Waals surface area contributed by atoms with E-state index in [1.807, 2.05) is 29.4 Å². The third kappa shape index (κ3) is 4.23. The highest BCUT2D eigenvalue weighted by Gasteiger charge is 2.30. The number of amides is 1. The predicted molar refractivity (Wildman–Crippen MR) is 115 cm³/mol. The molecule has 1 heterocycles. The van der Waals surface area contributed by atoms with Crippen LogP contribution in [0.4, 0.5) is 11.4 Å². The second-order valence-corrected chi connectivity index (χ2v) is 9.44. The molecule has 0 bridgehead atoms. The monoisotopic (exact) mass is 417 g/mol. The molecule has 0 atom stereocenters. The summed E-state index contributed by atoms with van der Waals surface area (Å²) in [6, 6.07) is 12.2. The van der Waals surface area contributed by atoms with Crippen molar-refractivity contribution in [2.45, 2.75) is 30.6 Å². The lowest BCUT2D eigenvalue weighted by Crippen LogP contribution is -2.36. The van der Waals surface area contributed by atoms with E-state index in [9.17, 15) is 13.2 Å². The maximum atomic E-state index is 12.7. The van der Waals surface area contributed by atoms with Gasteiger partial charge in [0, 0.05) is 22.7 Å². The number of anilines is 2. The summed E-state index contributed by atoms with van der Waals surface area (Å²) in [6.45, 7) is 6.44. The number of hydrogen-bond acceptors (Lipinski definition) is 5. The summed E-state index contributed by atoms with van der Waals surface area (Å²) >= 11 is 1.58. The number of hydrogen-bond donors (Lipinski definition) is 1. The van der Waals surface area contributed by atoms with E-state index in [1.165, 1.54) is 6.07 Å². The molecule has 2 aromatic carbocycles. The fraction of sp³-hybridized carbons (Fsp3) is 0.300. The fourth-order valence-corrected chi connectivity index (χ4v) is 4.75. The van der Waals surface area contributed by atoms with Gasteiger partial charge in [0.1, 0.15) is 10.7 Å². The van der Waals surface area contributed by atoms with Crippen molar-refractivity contribution >= 4 is 44.9 Å². The van der Waals surface area contributed by atoms with Crippen molar-refractivity contribution in [2.75, 3.05) is 23.0 Å². The highest BCUT2D eigenvalue weighted by Crippen LogP contribution is 2.33. The van der Waals surface area contributed by atoms with E-state index < -0.39 is 10.0 Å². The molecule has 1 aliphatic heterocycles. The minimum Gasteiger partial charge on any atom is -0.328 e. The van der Waals surface area contributed by atoms with Crippen LogP contribution in [0.15, 0.2) is 56.7 Å². The van der Waals surface area contributed by atoms with Crippen LogP contribution in [-0.2, 0) is 10.0 Å². The molecule has 0 radical (unpaired) electrons. The van der Waals surface area contributed by atoms with Gasteiger partial charge < -0.3 is 10.2 Å². The molecule has 2 aromatic rings. The van der Waals surface area contributed by atoms with Crippen LogP contribution in [-0.4, -0.2) is 33.0 Å². The molecule has 0 unspecified atom stereocenters. The lowest BCUT2D eigenvalue weighted by molar-refractivity contribution is 0.102. The van der Waals surface area contributed by atoms with Crippen molar-refractivity contribution in [3.63, 3.8) is 0 Å². The Kier molecular flexibility index (Phi) is 5.81. The third-order valence-electron chi connectivity index (χ3n) is 4.31. The minimum atomic E-state index is -3.84. The topological polar surface area (TPSA) is 78.8 Å². The van der Waals surface area contributed by atoms with E-state index >= 15 is 0 Å². The van der Waals surface area contributed by atoms with Crippen LogP contribution in [0.25, 0.3) is 0 Å². The Labute approximate surface area is 170 Å². The molecule has 1 amide bonds. The molecule has 0 aromatic heterocycles. The molecule has 0 saturated heterocycles. The molecule has 0 spiro atoms. The Hall–Kier alpha value is -2.32. The number of carbonyl (C=O) groups excluding carboxylic acids is 1. The van der Waals surface area contributed by atoms with E-state index in [0.717, 1.165) is 4.90 Å². The number of carbonyl (C=O) groups is 1. The van der Waals surface area contributed by atoms with Gasteiger partial charge in [-0.25, -0.2) is 0 Å². The van der Waals surface area contributed by atoms with Crippen LogP contribution in [0.1, 0.15) is 31.1 Å². The van der Waals surface area contributed by atoms with Crippen LogP contribution >= 0.6 is 11.8 Å². The van der Waals surface area contributed by atoms with Gasteiger partial charge in [0.05, 0.1) is 5.69 Å². The van der Waals surface area contributed by atoms with Crippen molar-refractivity contribution in [1.29, 1.82) is 0 Å². The average Bonchev–Trinajstić information content (AvgIpc) is 2.64. The SMILES string of the molecule is CSc1cccc(NC(=O)c2ccc3c(c2)S(=O)(=O)N=C(C)N3CC(C)C)c1. The van der Waals surface area contributed by atoms with Crippen LogP contribution in [0.3, 0.4) is 0 Å². The summed E-state index contributed by atoms with van der Waals surface area (Å²) in [5.74, 6) is 0.399. The zero-order chi connectivity index (χ0) is 20.5. The van der Waals surface area contributed by atoms with Gasteiger partial charge >= 0.3 is 0 Å². The van der Waals surface area contributed by atoms with Crippen molar-refractivity contribution in [3.8, 4) is 0 Å². The molecule has 3 rings (SSSR count). The summed E-state index contributed by atoms with van der Waals surface area (Å²) in [4.78, 5) is 15.6. The van der Waals surface area contributed by atoms with Crippen LogP contribution < -0.4 is 10.2 Å². The molecule has 0 saturated carbocycles. The van der Waals surface area contributed by atoms with Gasteiger partial charge in [0.2, 0.25) is 0 Å². The smallest absolute Gasteiger partial charge is 0.286 e. The third-order valence-corrected chi connectivity index (χ3v) is 6.42. The number of nitrogens with one attached hydrogen (secondary N) is 1. The number of fused-ring (bicyclic) bond motifs is 1. The first-order valence-corrected chi connectivity index (χ1v) is 11.6.